The molecule has 0 aromatic heterocycles. The Morgan fingerprint density at radius 3 is 2.64 bits per heavy atom. The summed E-state index contributed by atoms with van der Waals surface area (Å²) in [6.45, 7) is 2.23. The third-order valence-electron chi connectivity index (χ3n) is 3.95. The van der Waals surface area contributed by atoms with Crippen LogP contribution in [0.3, 0.4) is 0 Å². The average molecular weight is 363 g/mol. The fourth-order valence-corrected chi connectivity index (χ4v) is 2.56. The van der Waals surface area contributed by atoms with Crippen molar-refractivity contribution in [3.63, 3.8) is 0 Å². The SMILES string of the molecule is C[C@@](O)(CNC(=O)NCc1ccc(Cl)cc1)c1ccc2c(c1)OCO2. The molecular formula is C18H19ClN2O4. The fourth-order valence-electron chi connectivity index (χ4n) is 2.43. The van der Waals surface area contributed by atoms with Crippen LogP contribution in [0.15, 0.2) is 42.5 Å². The van der Waals surface area contributed by atoms with E-state index in [-0.39, 0.29) is 19.4 Å². The molecule has 1 aliphatic heterocycles. The van der Waals surface area contributed by atoms with Gasteiger partial charge in [0, 0.05) is 11.6 Å². The fraction of sp³-hybridized carbons (Fsp3) is 0.278. The Morgan fingerprint density at radius 1 is 1.16 bits per heavy atom. The van der Waals surface area contributed by atoms with Gasteiger partial charge in [-0.3, -0.25) is 0 Å². The van der Waals surface area contributed by atoms with Crippen molar-refractivity contribution in [2.45, 2.75) is 19.1 Å². The number of hydrogen-bond acceptors (Lipinski definition) is 4. The van der Waals surface area contributed by atoms with E-state index in [1.54, 1.807) is 37.3 Å². The summed E-state index contributed by atoms with van der Waals surface area (Å²) < 4.78 is 10.6. The summed E-state index contributed by atoms with van der Waals surface area (Å²) in [5.41, 5.74) is 0.329. The third kappa shape index (κ3) is 4.35. The molecule has 0 spiro atoms. The molecule has 2 aromatic carbocycles. The second kappa shape index (κ2) is 7.21. The van der Waals surface area contributed by atoms with E-state index in [0.717, 1.165) is 5.56 Å². The van der Waals surface area contributed by atoms with E-state index >= 15 is 0 Å². The Morgan fingerprint density at radius 2 is 1.88 bits per heavy atom. The van der Waals surface area contributed by atoms with Gasteiger partial charge in [-0.2, -0.15) is 0 Å². The Kier molecular flexibility index (Phi) is 5.01. The molecule has 0 bridgehead atoms. The monoisotopic (exact) mass is 362 g/mol. The zero-order chi connectivity index (χ0) is 17.9. The van der Waals surface area contributed by atoms with Crippen LogP contribution in [0.4, 0.5) is 4.79 Å². The van der Waals surface area contributed by atoms with Crippen molar-refractivity contribution in [1.29, 1.82) is 0 Å². The molecule has 132 valence electrons. The van der Waals surface area contributed by atoms with Crippen LogP contribution in [0.5, 0.6) is 11.5 Å². The molecule has 25 heavy (non-hydrogen) atoms. The van der Waals surface area contributed by atoms with E-state index in [1.807, 2.05) is 12.1 Å². The maximum Gasteiger partial charge on any atom is 0.315 e. The normalized spacial score (nSPS) is 14.7. The number of nitrogens with one attached hydrogen (secondary N) is 2. The van der Waals surface area contributed by atoms with Gasteiger partial charge in [-0.1, -0.05) is 29.8 Å². The second-order valence-corrected chi connectivity index (χ2v) is 6.44. The number of rotatable bonds is 5. The smallest absolute Gasteiger partial charge is 0.315 e. The molecule has 0 saturated carbocycles. The minimum atomic E-state index is -1.24. The highest BCUT2D eigenvalue weighted by molar-refractivity contribution is 6.30. The van der Waals surface area contributed by atoms with Crippen molar-refractivity contribution in [2.24, 2.45) is 0 Å². The number of fused-ring (bicyclic) bond motifs is 1. The van der Waals surface area contributed by atoms with Crippen LogP contribution in [0, 0.1) is 0 Å². The maximum atomic E-state index is 11.9. The second-order valence-electron chi connectivity index (χ2n) is 6.00. The van der Waals surface area contributed by atoms with Gasteiger partial charge >= 0.3 is 6.03 Å². The van der Waals surface area contributed by atoms with E-state index in [1.165, 1.54) is 0 Å². The van der Waals surface area contributed by atoms with E-state index in [4.69, 9.17) is 21.1 Å². The van der Waals surface area contributed by atoms with Crippen LogP contribution in [0.25, 0.3) is 0 Å². The summed E-state index contributed by atoms with van der Waals surface area (Å²) >= 11 is 5.82. The first kappa shape index (κ1) is 17.4. The number of amides is 2. The average Bonchev–Trinajstić information content (AvgIpc) is 3.07. The van der Waals surface area contributed by atoms with Gasteiger partial charge in [0.15, 0.2) is 11.5 Å². The van der Waals surface area contributed by atoms with Gasteiger partial charge < -0.3 is 25.2 Å². The first-order valence-electron chi connectivity index (χ1n) is 7.83. The number of ether oxygens (including phenoxy) is 2. The van der Waals surface area contributed by atoms with Crippen molar-refractivity contribution in [3.8, 4) is 11.5 Å². The summed E-state index contributed by atoms with van der Waals surface area (Å²) in [6, 6.07) is 12.1. The number of benzene rings is 2. The number of hydrogen-bond donors (Lipinski definition) is 3. The predicted molar refractivity (Wildman–Crippen MR) is 93.8 cm³/mol. The van der Waals surface area contributed by atoms with Crippen LogP contribution >= 0.6 is 11.6 Å². The molecule has 3 N–H and O–H groups in total. The van der Waals surface area contributed by atoms with E-state index in [9.17, 15) is 9.90 Å². The highest BCUT2D eigenvalue weighted by Crippen LogP contribution is 2.35. The van der Waals surface area contributed by atoms with Crippen molar-refractivity contribution >= 4 is 17.6 Å². The molecule has 1 aliphatic rings. The summed E-state index contributed by atoms with van der Waals surface area (Å²) in [4.78, 5) is 11.9. The molecule has 3 rings (SSSR count). The molecule has 1 heterocycles. The lowest BCUT2D eigenvalue weighted by Gasteiger charge is -2.24. The Hall–Kier alpha value is -2.44. The number of carbonyl (C=O) groups excluding carboxylic acids is 1. The number of aliphatic hydroxyl groups is 1. The van der Waals surface area contributed by atoms with Gasteiger partial charge in [0.25, 0.3) is 0 Å². The minimum absolute atomic E-state index is 0.0547. The molecule has 2 amide bonds. The van der Waals surface area contributed by atoms with Crippen molar-refractivity contribution < 1.29 is 19.4 Å². The minimum Gasteiger partial charge on any atom is -0.454 e. The van der Waals surface area contributed by atoms with E-state index in [0.29, 0.717) is 28.6 Å². The van der Waals surface area contributed by atoms with Crippen LogP contribution in [0.1, 0.15) is 18.1 Å². The zero-order valence-corrected chi connectivity index (χ0v) is 14.5. The van der Waals surface area contributed by atoms with E-state index < -0.39 is 5.60 Å². The lowest BCUT2D eigenvalue weighted by atomic mass is 9.95. The Bertz CT molecular complexity index is 762. The number of carbonyl (C=O) groups is 1. The van der Waals surface area contributed by atoms with Gasteiger partial charge in [0.05, 0.1) is 6.54 Å². The van der Waals surface area contributed by atoms with Crippen molar-refractivity contribution in [1.82, 2.24) is 10.6 Å². The van der Waals surface area contributed by atoms with Crippen molar-refractivity contribution in [2.75, 3.05) is 13.3 Å². The highest BCUT2D eigenvalue weighted by atomic mass is 35.5. The Balaban J connectivity index is 1.52. The molecule has 2 aromatic rings. The maximum absolute atomic E-state index is 11.9. The molecular weight excluding hydrogens is 344 g/mol. The van der Waals surface area contributed by atoms with Gasteiger partial charge in [0.1, 0.15) is 5.60 Å². The standard InChI is InChI=1S/C18H19ClN2O4/c1-18(23,13-4-7-15-16(8-13)25-11-24-15)10-21-17(22)20-9-12-2-5-14(19)6-3-12/h2-8,23H,9-11H2,1H3,(H2,20,21,22)/t18-/m1/s1. The zero-order valence-electron chi connectivity index (χ0n) is 13.7. The van der Waals surface area contributed by atoms with Crippen molar-refractivity contribution in [3.05, 3.63) is 58.6 Å². The summed E-state index contributed by atoms with van der Waals surface area (Å²) in [5, 5.41) is 16.7. The van der Waals surface area contributed by atoms with Crippen LogP contribution in [0.2, 0.25) is 5.02 Å². The molecule has 0 radical (unpaired) electrons. The summed E-state index contributed by atoms with van der Waals surface area (Å²) in [7, 11) is 0. The lowest BCUT2D eigenvalue weighted by molar-refractivity contribution is 0.0591. The first-order valence-corrected chi connectivity index (χ1v) is 8.20. The van der Waals surface area contributed by atoms with Gasteiger partial charge in [-0.15, -0.1) is 0 Å². The number of urea groups is 1. The molecule has 7 heteroatoms. The largest absolute Gasteiger partial charge is 0.454 e. The van der Waals surface area contributed by atoms with Gasteiger partial charge in [-0.25, -0.2) is 4.79 Å². The summed E-state index contributed by atoms with van der Waals surface area (Å²) in [6.07, 6.45) is 0. The molecule has 0 unspecified atom stereocenters. The molecule has 0 aliphatic carbocycles. The third-order valence-corrected chi connectivity index (χ3v) is 4.21. The van der Waals surface area contributed by atoms with E-state index in [2.05, 4.69) is 10.6 Å². The topological polar surface area (TPSA) is 79.8 Å². The number of halogens is 1. The van der Waals surface area contributed by atoms with Gasteiger partial charge in [-0.05, 0) is 42.3 Å². The molecule has 0 saturated heterocycles. The van der Waals surface area contributed by atoms with Gasteiger partial charge in [0.2, 0.25) is 6.79 Å². The lowest BCUT2D eigenvalue weighted by Crippen LogP contribution is -2.43. The van der Waals surface area contributed by atoms with Crippen LogP contribution in [-0.4, -0.2) is 24.5 Å². The first-order chi connectivity index (χ1) is 11.9. The Labute approximate surface area is 150 Å². The van der Waals surface area contributed by atoms with Crippen LogP contribution < -0.4 is 20.1 Å². The molecule has 6 nitrogen and oxygen atoms in total. The molecule has 1 atom stereocenters. The molecule has 0 fully saturated rings. The quantitative estimate of drug-likeness (QED) is 0.764. The predicted octanol–water partition coefficient (Wildman–Crippen LogP) is 2.78. The summed E-state index contributed by atoms with van der Waals surface area (Å²) in [5.74, 6) is 1.23. The van der Waals surface area contributed by atoms with Crippen LogP contribution in [-0.2, 0) is 12.1 Å². The highest BCUT2D eigenvalue weighted by Gasteiger charge is 2.26.